The molecule has 5 aliphatic heterocycles. The summed E-state index contributed by atoms with van der Waals surface area (Å²) in [5, 5.41) is 10.8. The lowest BCUT2D eigenvalue weighted by Crippen LogP contribution is -2.47. The van der Waals surface area contributed by atoms with Crippen molar-refractivity contribution in [1.82, 2.24) is 0 Å². The summed E-state index contributed by atoms with van der Waals surface area (Å²) < 4.78 is 77.6. The van der Waals surface area contributed by atoms with Gasteiger partial charge in [0.25, 0.3) is 20.2 Å². The first-order valence-corrected chi connectivity index (χ1v) is 20.3. The van der Waals surface area contributed by atoms with Gasteiger partial charge >= 0.3 is 5.97 Å². The van der Waals surface area contributed by atoms with Gasteiger partial charge in [0, 0.05) is 59.0 Å². The Morgan fingerprint density at radius 2 is 1.65 bits per heavy atom. The molecule has 0 aromatic heterocycles. The van der Waals surface area contributed by atoms with E-state index in [0.29, 0.717) is 25.8 Å². The van der Waals surface area contributed by atoms with Crippen LogP contribution in [0.1, 0.15) is 76.8 Å². The van der Waals surface area contributed by atoms with Crippen molar-refractivity contribution < 1.29 is 45.2 Å². The lowest BCUT2D eigenvalue weighted by molar-refractivity contribution is -0.445. The van der Waals surface area contributed by atoms with E-state index in [2.05, 4.69) is 36.3 Å². The van der Waals surface area contributed by atoms with E-state index in [1.165, 1.54) is 18.2 Å². The predicted molar refractivity (Wildman–Crippen MR) is 191 cm³/mol. The fourth-order valence-electron chi connectivity index (χ4n) is 9.53. The van der Waals surface area contributed by atoms with Crippen LogP contribution in [0.25, 0.3) is 10.8 Å². The van der Waals surface area contributed by atoms with E-state index < -0.39 is 37.0 Å². The van der Waals surface area contributed by atoms with Crippen molar-refractivity contribution in [1.29, 1.82) is 0 Å². The highest BCUT2D eigenvalue weighted by Gasteiger charge is 2.55. The largest absolute Gasteiger partial charge is 0.481 e. The summed E-state index contributed by atoms with van der Waals surface area (Å²) in [5.41, 5.74) is 7.08. The number of unbranched alkanes of at least 4 members (excludes halogenated alkanes) is 2. The van der Waals surface area contributed by atoms with Gasteiger partial charge in [-0.25, -0.2) is 0 Å². The Kier molecular flexibility index (Phi) is 7.76. The first-order valence-electron chi connectivity index (χ1n) is 17.4. The summed E-state index contributed by atoms with van der Waals surface area (Å²) in [6.07, 6.45) is 6.27. The number of hydrogen-bond acceptors (Lipinski definition) is 7. The van der Waals surface area contributed by atoms with Crippen molar-refractivity contribution in [3.63, 3.8) is 0 Å². The minimum absolute atomic E-state index is 0.0912. The monoisotopic (exact) mass is 733 g/mol. The van der Waals surface area contributed by atoms with Crippen LogP contribution in [-0.4, -0.2) is 72.6 Å². The maximum absolute atomic E-state index is 12.3. The third-order valence-corrected chi connectivity index (χ3v) is 13.4. The Balaban J connectivity index is 1.27. The lowest BCUT2D eigenvalue weighted by Gasteiger charge is -2.43. The topological polar surface area (TPSA) is 162 Å². The number of nitrogens with zero attached hydrogens (tertiary/aromatic N) is 2. The van der Waals surface area contributed by atoms with Gasteiger partial charge in [-0.05, 0) is 98.8 Å². The summed E-state index contributed by atoms with van der Waals surface area (Å²) in [6.45, 7) is 7.92. The molecule has 3 unspecified atom stereocenters. The van der Waals surface area contributed by atoms with Gasteiger partial charge in [0.15, 0.2) is 12.3 Å². The van der Waals surface area contributed by atoms with E-state index in [0.717, 1.165) is 81.6 Å². The van der Waals surface area contributed by atoms with Gasteiger partial charge in [0.1, 0.15) is 0 Å². The number of hydrogen-bond donors (Lipinski definition) is 3. The van der Waals surface area contributed by atoms with Gasteiger partial charge in [-0.15, -0.1) is 0 Å². The second-order valence-electron chi connectivity index (χ2n) is 15.1. The molecule has 0 saturated heterocycles. The SMILES string of the molecule is CC1(C)C2=[N+](CCC3OC4CCN5C(=C4C=C23)C(C)(CCCCCC(=O)O)c2cc(S(=O)(=O)O)ccc25)c2ccc3cc(S(=O)(=O)O)ccc3c21. The molecule has 0 saturated carbocycles. The van der Waals surface area contributed by atoms with Crippen molar-refractivity contribution in [2.45, 2.75) is 98.5 Å². The third kappa shape index (κ3) is 5.30. The zero-order chi connectivity index (χ0) is 36.2. The highest BCUT2D eigenvalue weighted by Crippen LogP contribution is 2.56. The van der Waals surface area contributed by atoms with Crippen molar-refractivity contribution in [2.75, 3.05) is 18.0 Å². The number of anilines is 1. The number of ether oxygens (including phenoxy) is 1. The molecule has 0 amide bonds. The zero-order valence-corrected chi connectivity index (χ0v) is 30.3. The molecular formula is C38H41N2O9S2+. The Labute approximate surface area is 297 Å². The standard InChI is InChI=1S/C38H40N2O9S2/c1-37(2)34-25-11-9-23(50(43,44)45)19-22(25)8-12-30(34)40-18-15-31-26(35(37)40)21-27-32(49-31)14-17-39-29-13-10-24(51(46,47)48)20-28(29)38(3,36(27)39)16-6-4-5-7-33(41)42/h8-13,19-21,31-32H,4-7,14-18H2,1-3H3,(H2-,41,42,43,44,45,46,47,48)/p+1. The van der Waals surface area contributed by atoms with Crippen molar-refractivity contribution >= 4 is 54.1 Å². The number of carbonyl (C=O) groups is 1. The van der Waals surface area contributed by atoms with Crippen molar-refractivity contribution in [3.8, 4) is 0 Å². The number of rotatable bonds is 8. The maximum Gasteiger partial charge on any atom is 0.303 e. The molecule has 268 valence electrons. The van der Waals surface area contributed by atoms with Gasteiger partial charge in [0.05, 0.1) is 27.4 Å². The summed E-state index contributed by atoms with van der Waals surface area (Å²) in [7, 11) is -8.81. The molecule has 0 bridgehead atoms. The van der Waals surface area contributed by atoms with Crippen molar-refractivity contribution in [2.24, 2.45) is 0 Å². The Morgan fingerprint density at radius 1 is 0.922 bits per heavy atom. The minimum Gasteiger partial charge on any atom is -0.481 e. The summed E-state index contributed by atoms with van der Waals surface area (Å²) >= 11 is 0. The number of carboxylic acid groups (broad SMARTS) is 1. The smallest absolute Gasteiger partial charge is 0.303 e. The van der Waals surface area contributed by atoms with Crippen LogP contribution in [0, 0.1) is 0 Å². The average Bonchev–Trinajstić information content (AvgIpc) is 3.46. The zero-order valence-electron chi connectivity index (χ0n) is 28.7. The molecule has 0 radical (unpaired) electrons. The first kappa shape index (κ1) is 34.2. The Bertz CT molecular complexity index is 2380. The van der Waals surface area contributed by atoms with E-state index in [1.807, 2.05) is 12.1 Å². The Hall–Kier alpha value is -3.88. The number of fused-ring (bicyclic) bond motifs is 10. The summed E-state index contributed by atoms with van der Waals surface area (Å²) in [6, 6.07) is 13.5. The van der Waals surface area contributed by atoms with Crippen LogP contribution in [-0.2, 0) is 40.6 Å². The molecular weight excluding hydrogens is 693 g/mol. The van der Waals surface area contributed by atoms with Gasteiger partial charge in [0.2, 0.25) is 5.69 Å². The molecule has 13 heteroatoms. The summed E-state index contributed by atoms with van der Waals surface area (Å²) in [4.78, 5) is 13.2. The average molecular weight is 734 g/mol. The molecule has 11 nitrogen and oxygen atoms in total. The first-order chi connectivity index (χ1) is 24.0. The van der Waals surface area contributed by atoms with Gasteiger partial charge in [-0.3, -0.25) is 13.9 Å². The van der Waals surface area contributed by atoms with Crippen LogP contribution in [0.3, 0.4) is 0 Å². The minimum atomic E-state index is -4.45. The second kappa shape index (κ2) is 11.6. The van der Waals surface area contributed by atoms with Crippen molar-refractivity contribution in [3.05, 3.63) is 82.6 Å². The quantitative estimate of drug-likeness (QED) is 0.137. The third-order valence-electron chi connectivity index (χ3n) is 11.7. The highest BCUT2D eigenvalue weighted by atomic mass is 32.2. The molecule has 3 atom stereocenters. The second-order valence-corrected chi connectivity index (χ2v) is 18.0. The Morgan fingerprint density at radius 3 is 2.37 bits per heavy atom. The molecule has 3 aromatic rings. The molecule has 51 heavy (non-hydrogen) atoms. The predicted octanol–water partition coefficient (Wildman–Crippen LogP) is 6.28. The molecule has 5 aliphatic rings. The van der Waals surface area contributed by atoms with Crippen LogP contribution in [0.2, 0.25) is 0 Å². The number of benzene rings is 3. The van der Waals surface area contributed by atoms with E-state index >= 15 is 0 Å². The van der Waals surface area contributed by atoms with E-state index in [4.69, 9.17) is 4.74 Å². The molecule has 0 fully saturated rings. The van der Waals surface area contributed by atoms with Gasteiger partial charge in [-0.1, -0.05) is 18.9 Å². The van der Waals surface area contributed by atoms with Crippen LogP contribution in [0.15, 0.2) is 81.2 Å². The molecule has 3 aromatic carbocycles. The van der Waals surface area contributed by atoms with Crippen LogP contribution >= 0.6 is 0 Å². The van der Waals surface area contributed by atoms with E-state index in [9.17, 15) is 35.8 Å². The highest BCUT2D eigenvalue weighted by molar-refractivity contribution is 7.86. The van der Waals surface area contributed by atoms with E-state index in [-0.39, 0.29) is 28.4 Å². The number of carboxylic acids is 1. The van der Waals surface area contributed by atoms with Crippen LogP contribution in [0.4, 0.5) is 11.4 Å². The molecule has 3 N–H and O–H groups in total. The lowest BCUT2D eigenvalue weighted by atomic mass is 9.71. The van der Waals surface area contributed by atoms with E-state index in [1.54, 1.807) is 18.2 Å². The maximum atomic E-state index is 12.3. The number of aliphatic carboxylic acids is 1. The van der Waals surface area contributed by atoms with Gasteiger partial charge in [-0.2, -0.15) is 21.4 Å². The summed E-state index contributed by atoms with van der Waals surface area (Å²) in [5.74, 6) is -0.830. The van der Waals surface area contributed by atoms with Gasteiger partial charge < -0.3 is 14.7 Å². The molecule has 0 spiro atoms. The fourth-order valence-corrected chi connectivity index (χ4v) is 10.6. The number of allylic oxidation sites excluding steroid dienone is 1. The van der Waals surface area contributed by atoms with Crippen LogP contribution in [0.5, 0.6) is 0 Å². The fraction of sp³-hybridized carbons (Fsp3) is 0.421. The molecule has 8 rings (SSSR count). The molecule has 0 aliphatic carbocycles. The van der Waals surface area contributed by atoms with Crippen LogP contribution < -0.4 is 4.90 Å². The molecule has 5 heterocycles. The normalized spacial score (nSPS) is 24.8.